The molecule has 0 fully saturated rings. The predicted molar refractivity (Wildman–Crippen MR) is 83.7 cm³/mol. The molecule has 1 aromatic carbocycles. The number of sulfonamides is 1. The van der Waals surface area contributed by atoms with Crippen molar-refractivity contribution in [1.82, 2.24) is 10.2 Å². The number of anilines is 1. The molecule has 5 nitrogen and oxygen atoms in total. The van der Waals surface area contributed by atoms with Gasteiger partial charge >= 0.3 is 0 Å². The molecule has 3 aromatic rings. The number of nitrogens with zero attached hydrogens (tertiary/aromatic N) is 1. The molecule has 2 aromatic heterocycles. The molecule has 0 saturated heterocycles. The topological polar surface area (TPSA) is 74.8 Å². The molecule has 0 bridgehead atoms. The van der Waals surface area contributed by atoms with Crippen LogP contribution in [0.15, 0.2) is 39.1 Å². The molecule has 0 aliphatic rings. The fourth-order valence-electron chi connectivity index (χ4n) is 1.91. The Bertz CT molecular complexity index is 883. The number of hydrogen-bond donors (Lipinski definition) is 2. The summed E-state index contributed by atoms with van der Waals surface area (Å²) in [6.45, 7) is 1.78. The van der Waals surface area contributed by atoms with Crippen LogP contribution in [0.4, 0.5) is 5.69 Å². The van der Waals surface area contributed by atoms with Crippen LogP contribution in [0.1, 0.15) is 4.88 Å². The number of aromatic nitrogens is 2. The van der Waals surface area contributed by atoms with Crippen molar-refractivity contribution in [3.05, 3.63) is 39.1 Å². The molecule has 20 heavy (non-hydrogen) atoms. The van der Waals surface area contributed by atoms with Gasteiger partial charge in [-0.05, 0) is 47.1 Å². The number of H-pyrrole nitrogens is 1. The second-order valence-electron chi connectivity index (χ2n) is 4.25. The normalized spacial score (nSPS) is 11.9. The number of benzene rings is 1. The van der Waals surface area contributed by atoms with Gasteiger partial charge in [0.05, 0.1) is 21.2 Å². The van der Waals surface area contributed by atoms with Crippen LogP contribution in [0.3, 0.4) is 0 Å². The van der Waals surface area contributed by atoms with Gasteiger partial charge in [0.25, 0.3) is 10.0 Å². The highest BCUT2D eigenvalue weighted by Crippen LogP contribution is 2.31. The van der Waals surface area contributed by atoms with Crippen LogP contribution in [0.25, 0.3) is 10.9 Å². The first-order valence-electron chi connectivity index (χ1n) is 5.67. The highest BCUT2D eigenvalue weighted by molar-refractivity contribution is 9.11. The largest absolute Gasteiger partial charge is 0.280 e. The number of halogens is 1. The van der Waals surface area contributed by atoms with E-state index < -0.39 is 10.0 Å². The number of aromatic amines is 1. The third-order valence-corrected chi connectivity index (χ3v) is 6.02. The minimum atomic E-state index is -3.58. The monoisotopic (exact) mass is 371 g/mol. The lowest BCUT2D eigenvalue weighted by Gasteiger charge is -2.07. The Kier molecular flexibility index (Phi) is 3.31. The van der Waals surface area contributed by atoms with Crippen LogP contribution in [-0.4, -0.2) is 18.6 Å². The van der Waals surface area contributed by atoms with Crippen molar-refractivity contribution >= 4 is 53.9 Å². The second kappa shape index (κ2) is 4.87. The Morgan fingerprint density at radius 1 is 1.35 bits per heavy atom. The van der Waals surface area contributed by atoms with Crippen molar-refractivity contribution in [2.24, 2.45) is 0 Å². The van der Waals surface area contributed by atoms with Crippen LogP contribution in [0, 0.1) is 6.92 Å². The summed E-state index contributed by atoms with van der Waals surface area (Å²) in [5, 5.41) is 7.65. The van der Waals surface area contributed by atoms with Crippen LogP contribution in [-0.2, 0) is 10.0 Å². The van der Waals surface area contributed by atoms with Gasteiger partial charge in [0.15, 0.2) is 0 Å². The lowest BCUT2D eigenvalue weighted by molar-refractivity contribution is 0.601. The van der Waals surface area contributed by atoms with Gasteiger partial charge in [-0.2, -0.15) is 5.10 Å². The van der Waals surface area contributed by atoms with Gasteiger partial charge in [-0.1, -0.05) is 0 Å². The average molecular weight is 372 g/mol. The second-order valence-corrected chi connectivity index (χ2v) is 8.53. The number of rotatable bonds is 3. The molecule has 0 saturated carbocycles. The SMILES string of the molecule is Cc1sc(Br)cc1S(=O)(=O)Nc1ccc2cn[nH]c2c1. The smallest absolute Gasteiger partial charge is 0.263 e. The predicted octanol–water partition coefficient (Wildman–Crippen LogP) is 3.50. The summed E-state index contributed by atoms with van der Waals surface area (Å²) in [4.78, 5) is 1.03. The zero-order chi connectivity index (χ0) is 14.3. The maximum atomic E-state index is 12.4. The van der Waals surface area contributed by atoms with Crippen molar-refractivity contribution in [2.45, 2.75) is 11.8 Å². The third kappa shape index (κ3) is 2.46. The van der Waals surface area contributed by atoms with Crippen LogP contribution in [0.2, 0.25) is 0 Å². The van der Waals surface area contributed by atoms with Crippen molar-refractivity contribution in [3.63, 3.8) is 0 Å². The zero-order valence-corrected chi connectivity index (χ0v) is 13.6. The van der Waals surface area contributed by atoms with Crippen LogP contribution >= 0.6 is 27.3 Å². The van der Waals surface area contributed by atoms with E-state index in [0.717, 1.165) is 19.6 Å². The Morgan fingerprint density at radius 3 is 2.85 bits per heavy atom. The summed E-state index contributed by atoms with van der Waals surface area (Å²) >= 11 is 4.69. The van der Waals surface area contributed by atoms with E-state index in [-0.39, 0.29) is 0 Å². The number of nitrogens with one attached hydrogen (secondary N) is 2. The van der Waals surface area contributed by atoms with Crippen molar-refractivity contribution in [2.75, 3.05) is 4.72 Å². The number of fused-ring (bicyclic) bond motifs is 1. The zero-order valence-electron chi connectivity index (χ0n) is 10.3. The number of thiophene rings is 1. The van der Waals surface area contributed by atoms with Gasteiger partial charge < -0.3 is 0 Å². The highest BCUT2D eigenvalue weighted by Gasteiger charge is 2.19. The van der Waals surface area contributed by atoms with Gasteiger partial charge in [-0.25, -0.2) is 8.42 Å². The molecular weight excluding hydrogens is 362 g/mol. The van der Waals surface area contributed by atoms with Gasteiger partial charge in [-0.3, -0.25) is 9.82 Å². The molecule has 0 amide bonds. The van der Waals surface area contributed by atoms with Crippen molar-refractivity contribution in [1.29, 1.82) is 0 Å². The standard InChI is InChI=1S/C12H10BrN3O2S2/c1-7-11(5-12(13)19-7)20(17,18)16-9-3-2-8-6-14-15-10(8)4-9/h2-6,16H,1H3,(H,14,15). The minimum absolute atomic E-state index is 0.291. The van der Waals surface area contributed by atoms with E-state index in [2.05, 4.69) is 30.8 Å². The summed E-state index contributed by atoms with van der Waals surface area (Å²) < 4.78 is 28.1. The lowest BCUT2D eigenvalue weighted by atomic mass is 10.2. The molecule has 104 valence electrons. The molecule has 2 N–H and O–H groups in total. The summed E-state index contributed by atoms with van der Waals surface area (Å²) in [5.74, 6) is 0. The first-order valence-corrected chi connectivity index (χ1v) is 8.77. The first kappa shape index (κ1) is 13.6. The molecule has 0 aliphatic carbocycles. The molecular formula is C12H10BrN3O2S2. The highest BCUT2D eigenvalue weighted by atomic mass is 79.9. The summed E-state index contributed by atoms with van der Waals surface area (Å²) in [7, 11) is -3.58. The average Bonchev–Trinajstić information content (AvgIpc) is 2.94. The van der Waals surface area contributed by atoms with E-state index in [9.17, 15) is 8.42 Å². The quantitative estimate of drug-likeness (QED) is 0.739. The molecule has 0 radical (unpaired) electrons. The van der Waals surface area contributed by atoms with Gasteiger partial charge in [0, 0.05) is 10.3 Å². The molecule has 0 spiro atoms. The molecule has 0 aliphatic heterocycles. The summed E-state index contributed by atoms with van der Waals surface area (Å²) in [6.07, 6.45) is 1.69. The molecule has 8 heteroatoms. The maximum Gasteiger partial charge on any atom is 0.263 e. The Balaban J connectivity index is 1.98. The maximum absolute atomic E-state index is 12.4. The Labute approximate surface area is 128 Å². The van der Waals surface area contributed by atoms with E-state index in [1.54, 1.807) is 31.3 Å². The van der Waals surface area contributed by atoms with E-state index in [1.165, 1.54) is 11.3 Å². The molecule has 0 unspecified atom stereocenters. The fourth-order valence-corrected chi connectivity index (χ4v) is 5.37. The minimum Gasteiger partial charge on any atom is -0.280 e. The fraction of sp³-hybridized carbons (Fsp3) is 0.0833. The molecule has 0 atom stereocenters. The van der Waals surface area contributed by atoms with Gasteiger partial charge in [-0.15, -0.1) is 11.3 Å². The Hall–Kier alpha value is -1.38. The van der Waals surface area contributed by atoms with Crippen LogP contribution < -0.4 is 4.72 Å². The van der Waals surface area contributed by atoms with E-state index in [4.69, 9.17) is 0 Å². The third-order valence-electron chi connectivity index (χ3n) is 2.83. The van der Waals surface area contributed by atoms with E-state index >= 15 is 0 Å². The van der Waals surface area contributed by atoms with Crippen molar-refractivity contribution in [3.8, 4) is 0 Å². The van der Waals surface area contributed by atoms with Gasteiger partial charge in [0.2, 0.25) is 0 Å². The molecule has 2 heterocycles. The number of aryl methyl sites for hydroxylation is 1. The first-order chi connectivity index (χ1) is 9.45. The lowest BCUT2D eigenvalue weighted by Crippen LogP contribution is -2.12. The molecule has 3 rings (SSSR count). The van der Waals surface area contributed by atoms with Gasteiger partial charge in [0.1, 0.15) is 4.90 Å². The summed E-state index contributed by atoms with van der Waals surface area (Å²) in [5.41, 5.74) is 1.29. The van der Waals surface area contributed by atoms with E-state index in [0.29, 0.717) is 10.6 Å². The van der Waals surface area contributed by atoms with E-state index in [1.807, 2.05) is 6.07 Å². The van der Waals surface area contributed by atoms with Crippen molar-refractivity contribution < 1.29 is 8.42 Å². The summed E-state index contributed by atoms with van der Waals surface area (Å²) in [6, 6.07) is 6.85. The Morgan fingerprint density at radius 2 is 2.15 bits per heavy atom. The number of hydrogen-bond acceptors (Lipinski definition) is 4. The van der Waals surface area contributed by atoms with Crippen LogP contribution in [0.5, 0.6) is 0 Å².